The lowest BCUT2D eigenvalue weighted by Crippen LogP contribution is -2.37. The van der Waals surface area contributed by atoms with Crippen molar-refractivity contribution in [2.24, 2.45) is 0 Å². The molecule has 0 aliphatic carbocycles. The van der Waals surface area contributed by atoms with Crippen LogP contribution in [0.15, 0.2) is 84.9 Å². The maximum absolute atomic E-state index is 5.88. The molecule has 0 N–H and O–H groups in total. The molecule has 0 amide bonds. The molecule has 3 rings (SSSR count). The third-order valence-corrected chi connectivity index (χ3v) is 12.9. The molecule has 222 valence electrons. The fourth-order valence-electron chi connectivity index (χ4n) is 5.87. The number of benzene rings is 3. The quantitative estimate of drug-likeness (QED) is 0.0616. The molecule has 0 bridgehead atoms. The molecule has 0 aliphatic rings. The number of aryl methyl sites for hydroxylation is 3. The van der Waals surface area contributed by atoms with E-state index >= 15 is 0 Å². The molecule has 2 nitrogen and oxygen atoms in total. The third-order valence-electron chi connectivity index (χ3n) is 7.94. The number of hydrogen-bond donors (Lipinski definition) is 0. The zero-order valence-electron chi connectivity index (χ0n) is 26.4. The molecule has 3 aromatic rings. The maximum Gasteiger partial charge on any atom is 0.157 e. The van der Waals surface area contributed by atoms with Crippen molar-refractivity contribution in [3.63, 3.8) is 0 Å². The van der Waals surface area contributed by atoms with Gasteiger partial charge in [0.2, 0.25) is 0 Å². The van der Waals surface area contributed by atoms with Crippen LogP contribution in [-0.2, 0) is 9.47 Å². The van der Waals surface area contributed by atoms with Crippen LogP contribution in [0.5, 0.6) is 0 Å². The van der Waals surface area contributed by atoms with E-state index < -0.39 is 7.26 Å². The zero-order chi connectivity index (χ0) is 29.3. The zero-order valence-corrected chi connectivity index (χ0v) is 27.3. The number of hydrogen-bond acceptors (Lipinski definition) is 2. The Bertz CT molecular complexity index is 1070. The molecule has 0 aromatic heterocycles. The molecule has 0 aliphatic heterocycles. The van der Waals surface area contributed by atoms with Crippen LogP contribution in [0.1, 0.15) is 88.3 Å². The number of allylic oxidation sites excluding steroid dienone is 2. The summed E-state index contributed by atoms with van der Waals surface area (Å²) in [6.45, 7) is 12.8. The van der Waals surface area contributed by atoms with Gasteiger partial charge in [0, 0.05) is 13.2 Å². The lowest BCUT2D eigenvalue weighted by atomic mass is 10.1. The largest absolute Gasteiger partial charge is 0.353 e. The maximum atomic E-state index is 5.88. The van der Waals surface area contributed by atoms with Crippen LogP contribution >= 0.6 is 7.26 Å². The van der Waals surface area contributed by atoms with Gasteiger partial charge < -0.3 is 9.47 Å². The molecule has 0 radical (unpaired) electrons. The average Bonchev–Trinajstić information content (AvgIpc) is 2.98. The second kappa shape index (κ2) is 18.3. The summed E-state index contributed by atoms with van der Waals surface area (Å²) in [7, 11) is -1.82. The third kappa shape index (κ3) is 9.64. The Morgan fingerprint density at radius 2 is 1.02 bits per heavy atom. The first kappa shape index (κ1) is 33.3. The number of rotatable bonds is 19. The Labute approximate surface area is 251 Å². The van der Waals surface area contributed by atoms with Crippen molar-refractivity contribution in [3.8, 4) is 0 Å². The minimum atomic E-state index is -1.82. The summed E-state index contributed by atoms with van der Waals surface area (Å²) in [5.41, 5.74) is 4.22. The highest BCUT2D eigenvalue weighted by molar-refractivity contribution is 7.96. The van der Waals surface area contributed by atoms with Gasteiger partial charge in [0.15, 0.2) is 6.29 Å². The molecule has 0 heterocycles. The molecule has 0 spiro atoms. The molecule has 3 aromatic carbocycles. The van der Waals surface area contributed by atoms with Gasteiger partial charge in [-0.2, -0.15) is 0 Å². The van der Waals surface area contributed by atoms with E-state index in [-0.39, 0.29) is 6.29 Å². The normalized spacial score (nSPS) is 12.0. The first-order valence-corrected chi connectivity index (χ1v) is 18.0. The summed E-state index contributed by atoms with van der Waals surface area (Å²) >= 11 is 0. The van der Waals surface area contributed by atoms with E-state index in [0.29, 0.717) is 0 Å². The van der Waals surface area contributed by atoms with E-state index in [2.05, 4.69) is 120 Å². The van der Waals surface area contributed by atoms with E-state index in [9.17, 15) is 0 Å². The van der Waals surface area contributed by atoms with Crippen molar-refractivity contribution in [2.45, 2.75) is 98.7 Å². The van der Waals surface area contributed by atoms with Crippen LogP contribution in [0, 0.1) is 20.8 Å². The van der Waals surface area contributed by atoms with Gasteiger partial charge in [-0.05, 0) is 107 Å². The van der Waals surface area contributed by atoms with E-state index in [4.69, 9.17) is 9.47 Å². The second-order valence-electron chi connectivity index (χ2n) is 11.3. The summed E-state index contributed by atoms with van der Waals surface area (Å²) in [6, 6.07) is 27.4. The standard InChI is InChI=1S/C38H54O2P/c1-6-29-39-38(40-30-7-2)28-14-12-10-8-9-11-13-21-31-41(35-25-18-15-22-32(35)3,36-26-19-16-23-33(36)4)37-27-20-17-24-34(37)5/h9,11,15-20,22-27,38H,6-8,10,12-14,21,28-31H2,1-5H3/q+1/b11-9-. The molecule has 3 heteroatoms. The summed E-state index contributed by atoms with van der Waals surface area (Å²) in [6.07, 6.45) is 16.2. The smallest absolute Gasteiger partial charge is 0.157 e. The molecule has 41 heavy (non-hydrogen) atoms. The predicted octanol–water partition coefficient (Wildman–Crippen LogP) is 9.37. The van der Waals surface area contributed by atoms with Crippen LogP contribution in [-0.4, -0.2) is 25.7 Å². The van der Waals surface area contributed by atoms with Gasteiger partial charge in [-0.3, -0.25) is 0 Å². The van der Waals surface area contributed by atoms with Crippen LogP contribution in [0.2, 0.25) is 0 Å². The minimum Gasteiger partial charge on any atom is -0.353 e. The van der Waals surface area contributed by atoms with Gasteiger partial charge in [-0.15, -0.1) is 0 Å². The molecule has 0 fully saturated rings. The van der Waals surface area contributed by atoms with Crippen LogP contribution in [0.4, 0.5) is 0 Å². The first-order valence-electron chi connectivity index (χ1n) is 16.0. The molecular formula is C38H54O2P+. The van der Waals surface area contributed by atoms with Crippen molar-refractivity contribution >= 4 is 23.2 Å². The second-order valence-corrected chi connectivity index (χ2v) is 14.8. The van der Waals surface area contributed by atoms with E-state index in [1.165, 1.54) is 64.4 Å². The first-order chi connectivity index (χ1) is 20.0. The van der Waals surface area contributed by atoms with Crippen molar-refractivity contribution < 1.29 is 9.47 Å². The van der Waals surface area contributed by atoms with Crippen molar-refractivity contribution in [2.75, 3.05) is 19.4 Å². The van der Waals surface area contributed by atoms with Gasteiger partial charge in [-0.25, -0.2) is 0 Å². The van der Waals surface area contributed by atoms with Crippen molar-refractivity contribution in [1.29, 1.82) is 0 Å². The summed E-state index contributed by atoms with van der Waals surface area (Å²) in [5.74, 6) is 0. The van der Waals surface area contributed by atoms with Gasteiger partial charge in [0.25, 0.3) is 0 Å². The van der Waals surface area contributed by atoms with Gasteiger partial charge in [0.1, 0.15) is 23.2 Å². The monoisotopic (exact) mass is 573 g/mol. The Kier molecular flexibility index (Phi) is 14.9. The summed E-state index contributed by atoms with van der Waals surface area (Å²) in [4.78, 5) is 0. The highest BCUT2D eigenvalue weighted by Crippen LogP contribution is 2.58. The Hall–Kier alpha value is -2.25. The summed E-state index contributed by atoms with van der Waals surface area (Å²) < 4.78 is 11.8. The van der Waals surface area contributed by atoms with E-state index in [0.717, 1.165) is 45.3 Å². The fourth-order valence-corrected chi connectivity index (χ4v) is 11.1. The van der Waals surface area contributed by atoms with Crippen LogP contribution in [0.3, 0.4) is 0 Å². The topological polar surface area (TPSA) is 18.5 Å². The van der Waals surface area contributed by atoms with E-state index in [1.807, 2.05) is 0 Å². The highest BCUT2D eigenvalue weighted by Gasteiger charge is 2.47. The predicted molar refractivity (Wildman–Crippen MR) is 182 cm³/mol. The fraction of sp³-hybridized carbons (Fsp3) is 0.474. The lowest BCUT2D eigenvalue weighted by Gasteiger charge is -2.31. The summed E-state index contributed by atoms with van der Waals surface area (Å²) in [5, 5.41) is 4.62. The van der Waals surface area contributed by atoms with Gasteiger partial charge >= 0.3 is 0 Å². The number of ether oxygens (including phenoxy) is 2. The minimum absolute atomic E-state index is 0.0243. The Morgan fingerprint density at radius 1 is 0.585 bits per heavy atom. The molecule has 0 unspecified atom stereocenters. The van der Waals surface area contributed by atoms with Crippen molar-refractivity contribution in [3.05, 3.63) is 102 Å². The molecule has 0 saturated heterocycles. The van der Waals surface area contributed by atoms with Gasteiger partial charge in [-0.1, -0.05) is 87.0 Å². The molecule has 0 atom stereocenters. The van der Waals surface area contributed by atoms with E-state index in [1.54, 1.807) is 0 Å². The Morgan fingerprint density at radius 3 is 1.46 bits per heavy atom. The lowest BCUT2D eigenvalue weighted by molar-refractivity contribution is -0.146. The average molecular weight is 574 g/mol. The van der Waals surface area contributed by atoms with Crippen molar-refractivity contribution in [1.82, 2.24) is 0 Å². The van der Waals surface area contributed by atoms with Gasteiger partial charge in [0.05, 0.1) is 6.16 Å². The van der Waals surface area contributed by atoms with Crippen LogP contribution in [0.25, 0.3) is 0 Å². The van der Waals surface area contributed by atoms with Crippen LogP contribution < -0.4 is 15.9 Å². The molecular weight excluding hydrogens is 519 g/mol. The Balaban J connectivity index is 1.65. The highest BCUT2D eigenvalue weighted by atomic mass is 31.2. The number of unbranched alkanes of at least 4 members (excludes halogenated alkanes) is 4. The SMILES string of the molecule is CCCOC(CCCCC/C=C\CCC[P+](c1ccccc1C)(c1ccccc1C)c1ccccc1C)OCCC. The molecule has 0 saturated carbocycles.